The lowest BCUT2D eigenvalue weighted by molar-refractivity contribution is -0.00770. The molecule has 1 aromatic carbocycles. The van der Waals surface area contributed by atoms with Gasteiger partial charge in [-0.15, -0.1) is 0 Å². The Balaban J connectivity index is 1.95. The van der Waals surface area contributed by atoms with Crippen molar-refractivity contribution in [1.82, 2.24) is 14.1 Å². The molecule has 6 nitrogen and oxygen atoms in total. The van der Waals surface area contributed by atoms with Crippen LogP contribution in [0.1, 0.15) is 13.8 Å². The van der Waals surface area contributed by atoms with Gasteiger partial charge in [-0.25, -0.2) is 13.1 Å². The highest BCUT2D eigenvalue weighted by Crippen LogP contribution is 2.27. The van der Waals surface area contributed by atoms with Crippen molar-refractivity contribution in [3.63, 3.8) is 0 Å². The highest BCUT2D eigenvalue weighted by Gasteiger charge is 2.40. The standard InChI is InChI=1S/C15H19N3O3S/c1-15(2)12-21-9-8-18(15)22(19,20)14-10-16-17(11-14)13-6-4-3-5-7-13/h3-7,10-11H,8-9,12H2,1-2H3. The molecule has 0 radical (unpaired) electrons. The van der Waals surface area contributed by atoms with E-state index in [-0.39, 0.29) is 4.90 Å². The van der Waals surface area contributed by atoms with Crippen molar-refractivity contribution in [2.75, 3.05) is 19.8 Å². The van der Waals surface area contributed by atoms with Gasteiger partial charge in [0, 0.05) is 6.54 Å². The van der Waals surface area contributed by atoms with Gasteiger partial charge in [0.05, 0.1) is 36.8 Å². The number of aromatic nitrogens is 2. The maximum absolute atomic E-state index is 12.9. The van der Waals surface area contributed by atoms with Gasteiger partial charge in [-0.1, -0.05) is 18.2 Å². The van der Waals surface area contributed by atoms with Crippen LogP contribution in [-0.2, 0) is 14.8 Å². The highest BCUT2D eigenvalue weighted by molar-refractivity contribution is 7.89. The lowest BCUT2D eigenvalue weighted by Gasteiger charge is -2.40. The van der Waals surface area contributed by atoms with Gasteiger partial charge in [-0.05, 0) is 26.0 Å². The summed E-state index contributed by atoms with van der Waals surface area (Å²) in [6, 6.07) is 9.43. The molecule has 0 unspecified atom stereocenters. The molecule has 22 heavy (non-hydrogen) atoms. The number of nitrogens with zero attached hydrogens (tertiary/aromatic N) is 3. The van der Waals surface area contributed by atoms with Crippen molar-refractivity contribution >= 4 is 10.0 Å². The summed E-state index contributed by atoms with van der Waals surface area (Å²) in [5.41, 5.74) is 0.261. The number of ether oxygens (including phenoxy) is 1. The molecule has 0 amide bonds. The molecule has 1 aliphatic rings. The van der Waals surface area contributed by atoms with Gasteiger partial charge in [0.25, 0.3) is 0 Å². The Kier molecular flexibility index (Phi) is 3.80. The molecule has 0 saturated carbocycles. The molecular formula is C15H19N3O3S. The zero-order chi connectivity index (χ0) is 15.8. The lowest BCUT2D eigenvalue weighted by atomic mass is 10.1. The molecule has 118 valence electrons. The number of para-hydroxylation sites is 1. The highest BCUT2D eigenvalue weighted by atomic mass is 32.2. The summed E-state index contributed by atoms with van der Waals surface area (Å²) in [4.78, 5) is 0.200. The van der Waals surface area contributed by atoms with Gasteiger partial charge in [0.2, 0.25) is 10.0 Å². The molecular weight excluding hydrogens is 302 g/mol. The average Bonchev–Trinajstić information content (AvgIpc) is 2.98. The number of morpholine rings is 1. The van der Waals surface area contributed by atoms with E-state index in [0.717, 1.165) is 5.69 Å². The molecule has 0 N–H and O–H groups in total. The molecule has 1 saturated heterocycles. The van der Waals surface area contributed by atoms with Crippen LogP contribution in [0.15, 0.2) is 47.6 Å². The van der Waals surface area contributed by atoms with E-state index >= 15 is 0 Å². The second-order valence-electron chi connectivity index (χ2n) is 5.90. The third-order valence-corrected chi connectivity index (χ3v) is 5.80. The summed E-state index contributed by atoms with van der Waals surface area (Å²) in [6.45, 7) is 4.89. The number of rotatable bonds is 3. The van der Waals surface area contributed by atoms with Crippen LogP contribution in [-0.4, -0.2) is 47.8 Å². The van der Waals surface area contributed by atoms with Gasteiger partial charge >= 0.3 is 0 Å². The second-order valence-corrected chi connectivity index (χ2v) is 7.76. The molecule has 0 aliphatic carbocycles. The van der Waals surface area contributed by atoms with E-state index in [1.807, 2.05) is 44.2 Å². The Labute approximate surface area is 130 Å². The maximum Gasteiger partial charge on any atom is 0.246 e. The van der Waals surface area contributed by atoms with Crippen molar-refractivity contribution in [2.24, 2.45) is 0 Å². The molecule has 7 heteroatoms. The van der Waals surface area contributed by atoms with Crippen LogP contribution in [0.2, 0.25) is 0 Å². The maximum atomic E-state index is 12.9. The van der Waals surface area contributed by atoms with E-state index < -0.39 is 15.6 Å². The first-order valence-electron chi connectivity index (χ1n) is 7.12. The van der Waals surface area contributed by atoms with Crippen LogP contribution in [0.25, 0.3) is 5.69 Å². The quantitative estimate of drug-likeness (QED) is 0.862. The molecule has 0 spiro atoms. The summed E-state index contributed by atoms with van der Waals surface area (Å²) in [5, 5.41) is 4.17. The van der Waals surface area contributed by atoms with Gasteiger partial charge in [0.1, 0.15) is 4.90 Å². The van der Waals surface area contributed by atoms with E-state index in [9.17, 15) is 8.42 Å². The minimum absolute atomic E-state index is 0.200. The number of benzene rings is 1. The van der Waals surface area contributed by atoms with Gasteiger partial charge in [0.15, 0.2) is 0 Å². The topological polar surface area (TPSA) is 64.4 Å². The number of hydrogen-bond donors (Lipinski definition) is 0. The summed E-state index contributed by atoms with van der Waals surface area (Å²) >= 11 is 0. The Hall–Kier alpha value is -1.70. The smallest absolute Gasteiger partial charge is 0.246 e. The largest absolute Gasteiger partial charge is 0.378 e. The van der Waals surface area contributed by atoms with Crippen LogP contribution < -0.4 is 0 Å². The molecule has 1 aliphatic heterocycles. The van der Waals surface area contributed by atoms with Crippen LogP contribution in [0.5, 0.6) is 0 Å². The Morgan fingerprint density at radius 1 is 1.23 bits per heavy atom. The Morgan fingerprint density at radius 2 is 1.95 bits per heavy atom. The van der Waals surface area contributed by atoms with Crippen LogP contribution >= 0.6 is 0 Å². The van der Waals surface area contributed by atoms with E-state index in [4.69, 9.17) is 4.74 Å². The molecule has 3 rings (SSSR count). The monoisotopic (exact) mass is 321 g/mol. The van der Waals surface area contributed by atoms with Gasteiger partial charge in [-0.2, -0.15) is 9.40 Å². The first-order chi connectivity index (χ1) is 10.4. The number of hydrogen-bond acceptors (Lipinski definition) is 4. The van der Waals surface area contributed by atoms with Crippen molar-refractivity contribution < 1.29 is 13.2 Å². The summed E-state index contributed by atoms with van der Waals surface area (Å²) in [5.74, 6) is 0. The van der Waals surface area contributed by atoms with E-state index in [1.165, 1.54) is 10.5 Å². The molecule has 2 heterocycles. The predicted molar refractivity (Wildman–Crippen MR) is 82.4 cm³/mol. The Morgan fingerprint density at radius 3 is 2.64 bits per heavy atom. The number of sulfonamides is 1. The van der Waals surface area contributed by atoms with Crippen molar-refractivity contribution in [2.45, 2.75) is 24.3 Å². The fraction of sp³-hybridized carbons (Fsp3) is 0.400. The van der Waals surface area contributed by atoms with E-state index in [2.05, 4.69) is 5.10 Å². The first kappa shape index (κ1) is 15.2. The molecule has 0 bridgehead atoms. The molecule has 0 atom stereocenters. The third kappa shape index (κ3) is 2.67. The van der Waals surface area contributed by atoms with Crippen molar-refractivity contribution in [3.8, 4) is 5.69 Å². The molecule has 1 fully saturated rings. The summed E-state index contributed by atoms with van der Waals surface area (Å²) in [7, 11) is -3.59. The lowest BCUT2D eigenvalue weighted by Crippen LogP contribution is -2.55. The van der Waals surface area contributed by atoms with E-state index in [0.29, 0.717) is 19.8 Å². The average molecular weight is 321 g/mol. The third-order valence-electron chi connectivity index (χ3n) is 3.74. The molecule has 2 aromatic rings. The SMILES string of the molecule is CC1(C)COCCN1S(=O)(=O)c1cnn(-c2ccccc2)c1. The molecule has 1 aromatic heterocycles. The van der Waals surface area contributed by atoms with Crippen LogP contribution in [0.4, 0.5) is 0 Å². The zero-order valence-corrected chi connectivity index (χ0v) is 13.5. The van der Waals surface area contributed by atoms with Gasteiger partial charge < -0.3 is 4.74 Å². The first-order valence-corrected chi connectivity index (χ1v) is 8.56. The Bertz CT molecular complexity index is 753. The minimum atomic E-state index is -3.59. The summed E-state index contributed by atoms with van der Waals surface area (Å²) < 4.78 is 34.2. The van der Waals surface area contributed by atoms with Crippen molar-refractivity contribution in [1.29, 1.82) is 0 Å². The van der Waals surface area contributed by atoms with E-state index in [1.54, 1.807) is 10.9 Å². The fourth-order valence-corrected chi connectivity index (χ4v) is 4.26. The predicted octanol–water partition coefficient (Wildman–Crippen LogP) is 1.67. The van der Waals surface area contributed by atoms with Crippen molar-refractivity contribution in [3.05, 3.63) is 42.7 Å². The van der Waals surface area contributed by atoms with Gasteiger partial charge in [-0.3, -0.25) is 0 Å². The zero-order valence-electron chi connectivity index (χ0n) is 12.6. The fourth-order valence-electron chi connectivity index (χ4n) is 2.58. The van der Waals surface area contributed by atoms with Crippen LogP contribution in [0, 0.1) is 0 Å². The normalized spacial score (nSPS) is 19.2. The van der Waals surface area contributed by atoms with Crippen LogP contribution in [0.3, 0.4) is 0 Å². The minimum Gasteiger partial charge on any atom is -0.378 e. The summed E-state index contributed by atoms with van der Waals surface area (Å²) in [6.07, 6.45) is 2.95. The second kappa shape index (κ2) is 5.49.